The zero-order chi connectivity index (χ0) is 29.1. The number of benzene rings is 1. The molecular formula is C30H36ClN5O4S. The van der Waals surface area contributed by atoms with Crippen LogP contribution in [0.5, 0.6) is 0 Å². The van der Waals surface area contributed by atoms with Crippen LogP contribution in [-0.2, 0) is 22.5 Å². The lowest BCUT2D eigenvalue weighted by Gasteiger charge is -2.39. The van der Waals surface area contributed by atoms with Crippen molar-refractivity contribution < 1.29 is 19.4 Å². The van der Waals surface area contributed by atoms with Gasteiger partial charge in [0, 0.05) is 48.8 Å². The Bertz CT molecular complexity index is 1410. The summed E-state index contributed by atoms with van der Waals surface area (Å²) in [6.07, 6.45) is 6.49. The number of anilines is 1. The number of Topliss-reactive ketones (excluding diaryl/α,β-unsaturated/α-hetero) is 1. The molecule has 11 heteroatoms. The summed E-state index contributed by atoms with van der Waals surface area (Å²) >= 11 is 7.87. The fourth-order valence-electron chi connectivity index (χ4n) is 5.63. The van der Waals surface area contributed by atoms with Gasteiger partial charge in [0.25, 0.3) is 0 Å². The number of ketones is 1. The molecule has 4 heterocycles. The van der Waals surface area contributed by atoms with E-state index in [9.17, 15) is 14.7 Å². The number of ether oxygens (including phenoxy) is 1. The van der Waals surface area contributed by atoms with E-state index >= 15 is 0 Å². The van der Waals surface area contributed by atoms with Gasteiger partial charge in [-0.15, -0.1) is 11.3 Å². The summed E-state index contributed by atoms with van der Waals surface area (Å²) in [5.74, 6) is -0.547. The van der Waals surface area contributed by atoms with E-state index in [0.717, 1.165) is 59.2 Å². The summed E-state index contributed by atoms with van der Waals surface area (Å²) in [5, 5.41) is 10.7. The van der Waals surface area contributed by atoms with Crippen LogP contribution in [0, 0.1) is 12.8 Å². The smallest absolute Gasteiger partial charge is 0.306 e. The van der Waals surface area contributed by atoms with Gasteiger partial charge in [-0.3, -0.25) is 14.5 Å². The molecule has 2 aliphatic heterocycles. The van der Waals surface area contributed by atoms with E-state index < -0.39 is 5.97 Å². The normalized spacial score (nSPS) is 20.3. The molecule has 3 aromatic rings. The van der Waals surface area contributed by atoms with E-state index in [-0.39, 0.29) is 23.7 Å². The Kier molecular flexibility index (Phi) is 9.03. The number of aromatic nitrogens is 3. The van der Waals surface area contributed by atoms with Gasteiger partial charge in [0.1, 0.15) is 16.5 Å². The van der Waals surface area contributed by atoms with Gasteiger partial charge in [-0.05, 0) is 63.8 Å². The van der Waals surface area contributed by atoms with Crippen LogP contribution >= 0.6 is 22.9 Å². The van der Waals surface area contributed by atoms with Gasteiger partial charge < -0.3 is 14.7 Å². The minimum absolute atomic E-state index is 0.137. The number of aliphatic carboxylic acids is 1. The predicted molar refractivity (Wildman–Crippen MR) is 160 cm³/mol. The topological polar surface area (TPSA) is 109 Å². The monoisotopic (exact) mass is 597 g/mol. The van der Waals surface area contributed by atoms with E-state index in [1.807, 2.05) is 30.0 Å². The molecular weight excluding hydrogens is 562 g/mol. The number of carboxylic acid groups (broad SMARTS) is 1. The Morgan fingerprint density at radius 2 is 1.98 bits per heavy atom. The number of carbonyl (C=O) groups is 2. The lowest BCUT2D eigenvalue weighted by Crippen LogP contribution is -2.46. The molecule has 0 spiro atoms. The highest BCUT2D eigenvalue weighted by Gasteiger charge is 2.32. The van der Waals surface area contributed by atoms with Gasteiger partial charge in [0.05, 0.1) is 36.0 Å². The average Bonchev–Trinajstić information content (AvgIpc) is 3.36. The number of halogens is 1. The number of nitrogens with zero attached hydrogens (tertiary/aromatic N) is 5. The van der Waals surface area contributed by atoms with Crippen LogP contribution in [0.1, 0.15) is 58.5 Å². The van der Waals surface area contributed by atoms with Crippen molar-refractivity contribution in [1.29, 1.82) is 0 Å². The van der Waals surface area contributed by atoms with E-state index in [0.29, 0.717) is 42.5 Å². The minimum atomic E-state index is -0.749. The molecule has 0 bridgehead atoms. The van der Waals surface area contributed by atoms with Crippen molar-refractivity contribution in [2.75, 3.05) is 38.2 Å². The molecule has 9 nitrogen and oxygen atoms in total. The van der Waals surface area contributed by atoms with Gasteiger partial charge in [0.2, 0.25) is 0 Å². The number of piperidine rings is 2. The number of thiazole rings is 1. The molecule has 0 aliphatic carbocycles. The first-order valence-corrected chi connectivity index (χ1v) is 15.2. The number of aryl methyl sites for hydroxylation is 1. The summed E-state index contributed by atoms with van der Waals surface area (Å²) in [4.78, 5) is 43.8. The van der Waals surface area contributed by atoms with Crippen LogP contribution in [-0.4, -0.2) is 75.6 Å². The fraction of sp³-hybridized carbons (Fsp3) is 0.500. The van der Waals surface area contributed by atoms with Gasteiger partial charge in [-0.1, -0.05) is 17.7 Å². The van der Waals surface area contributed by atoms with Crippen LogP contribution in [0.15, 0.2) is 30.6 Å². The van der Waals surface area contributed by atoms with Crippen molar-refractivity contribution in [2.45, 2.75) is 58.1 Å². The highest BCUT2D eigenvalue weighted by atomic mass is 35.5. The molecule has 2 saturated heterocycles. The molecule has 1 aromatic carbocycles. The molecule has 1 atom stereocenters. The molecule has 218 valence electrons. The lowest BCUT2D eigenvalue weighted by molar-refractivity contribution is -0.142. The number of likely N-dealkylation sites (tertiary alicyclic amines) is 1. The molecule has 0 saturated carbocycles. The highest BCUT2D eigenvalue weighted by Crippen LogP contribution is 2.34. The zero-order valence-electron chi connectivity index (χ0n) is 23.7. The van der Waals surface area contributed by atoms with Crippen molar-refractivity contribution >= 4 is 40.5 Å². The second kappa shape index (κ2) is 12.5. The molecule has 2 aromatic heterocycles. The third-order valence-electron chi connectivity index (χ3n) is 8.17. The number of hydrogen-bond donors (Lipinski definition) is 1. The maximum absolute atomic E-state index is 13.2. The molecule has 0 radical (unpaired) electrons. The molecule has 5 rings (SSSR count). The van der Waals surface area contributed by atoms with Gasteiger partial charge >= 0.3 is 5.97 Å². The maximum Gasteiger partial charge on any atom is 0.306 e. The quantitative estimate of drug-likeness (QED) is 0.329. The first kappa shape index (κ1) is 29.6. The SMILES string of the molecule is COC1(C)CCCN(Cc2sc(CC(=O)c3cnc(N4CCC(C(=O)O)CC4)cn3)nc2-c2ccc(Cl)c(C)c2)C1. The largest absolute Gasteiger partial charge is 0.481 e. The fourth-order valence-corrected chi connectivity index (χ4v) is 6.87. The number of carbonyl (C=O) groups excluding carboxylic acids is 1. The van der Waals surface area contributed by atoms with Crippen LogP contribution in [0.4, 0.5) is 5.82 Å². The maximum atomic E-state index is 13.2. The number of hydrogen-bond acceptors (Lipinski definition) is 9. The van der Waals surface area contributed by atoms with Crippen LogP contribution in [0.3, 0.4) is 0 Å². The van der Waals surface area contributed by atoms with Crippen LogP contribution in [0.25, 0.3) is 11.3 Å². The molecule has 1 N–H and O–H groups in total. The van der Waals surface area contributed by atoms with Crippen LogP contribution < -0.4 is 4.90 Å². The first-order valence-electron chi connectivity index (χ1n) is 14.0. The molecule has 2 fully saturated rings. The van der Waals surface area contributed by atoms with Gasteiger partial charge in [-0.25, -0.2) is 15.0 Å². The third-order valence-corrected chi connectivity index (χ3v) is 9.64. The summed E-state index contributed by atoms with van der Waals surface area (Å²) in [6.45, 7) is 7.90. The number of methoxy groups -OCH3 is 1. The van der Waals surface area contributed by atoms with Gasteiger partial charge in [0.15, 0.2) is 5.78 Å². The number of rotatable bonds is 9. The zero-order valence-corrected chi connectivity index (χ0v) is 25.3. The summed E-state index contributed by atoms with van der Waals surface area (Å²) in [7, 11) is 1.78. The highest BCUT2D eigenvalue weighted by molar-refractivity contribution is 7.12. The molecule has 2 aliphatic rings. The van der Waals surface area contributed by atoms with E-state index in [1.165, 1.54) is 6.20 Å². The Labute approximate surface area is 249 Å². The first-order chi connectivity index (χ1) is 19.6. The summed E-state index contributed by atoms with van der Waals surface area (Å²) in [5.41, 5.74) is 2.97. The van der Waals surface area contributed by atoms with Crippen molar-refractivity contribution in [3.05, 3.63) is 56.8 Å². The van der Waals surface area contributed by atoms with Crippen molar-refractivity contribution in [3.63, 3.8) is 0 Å². The Morgan fingerprint density at radius 1 is 1.20 bits per heavy atom. The van der Waals surface area contributed by atoms with Crippen LogP contribution in [0.2, 0.25) is 5.02 Å². The predicted octanol–water partition coefficient (Wildman–Crippen LogP) is 5.29. The molecule has 0 amide bonds. The second-order valence-electron chi connectivity index (χ2n) is 11.3. The average molecular weight is 598 g/mol. The number of carboxylic acids is 1. The van der Waals surface area contributed by atoms with Crippen molar-refractivity contribution in [1.82, 2.24) is 19.9 Å². The van der Waals surface area contributed by atoms with E-state index in [4.69, 9.17) is 21.3 Å². The Balaban J connectivity index is 1.32. The van der Waals surface area contributed by atoms with Crippen molar-refractivity contribution in [2.24, 2.45) is 5.92 Å². The standard InChI is InChI=1S/C30H36ClN5O4S/c1-19-13-21(5-6-22(19)31)28-25(17-35-10-4-9-30(2,18-35)40-3)41-27(34-28)14-24(37)23-15-33-26(16-32-23)36-11-7-20(8-12-36)29(38)39/h5-6,13,15-16,20H,4,7-12,14,17-18H2,1-3H3,(H,38,39). The summed E-state index contributed by atoms with van der Waals surface area (Å²) < 4.78 is 5.81. The van der Waals surface area contributed by atoms with Gasteiger partial charge in [-0.2, -0.15) is 0 Å². The third kappa shape index (κ3) is 6.94. The van der Waals surface area contributed by atoms with E-state index in [2.05, 4.69) is 21.8 Å². The molecule has 41 heavy (non-hydrogen) atoms. The Morgan fingerprint density at radius 3 is 2.63 bits per heavy atom. The Hall–Kier alpha value is -2.92. The van der Waals surface area contributed by atoms with Crippen molar-refractivity contribution in [3.8, 4) is 11.3 Å². The lowest BCUT2D eigenvalue weighted by atomic mass is 9.94. The minimum Gasteiger partial charge on any atom is -0.481 e. The van der Waals surface area contributed by atoms with E-state index in [1.54, 1.807) is 24.6 Å². The summed E-state index contributed by atoms with van der Waals surface area (Å²) in [6, 6.07) is 5.92. The molecule has 1 unspecified atom stereocenters. The second-order valence-corrected chi connectivity index (χ2v) is 12.8.